The first-order valence-corrected chi connectivity index (χ1v) is 9.71. The van der Waals surface area contributed by atoms with Gasteiger partial charge in [0.25, 0.3) is 0 Å². The van der Waals surface area contributed by atoms with E-state index in [1.165, 1.54) is 36.5 Å². The molecule has 2 aromatic rings. The Balaban J connectivity index is 1.38. The molecule has 0 aromatic carbocycles. The van der Waals surface area contributed by atoms with E-state index in [0.717, 1.165) is 51.4 Å². The summed E-state index contributed by atoms with van der Waals surface area (Å²) in [4.78, 5) is 25.5. The number of piperazine rings is 1. The number of fused-ring (bicyclic) bond motifs is 2. The monoisotopic (exact) mass is 351 g/mol. The van der Waals surface area contributed by atoms with Crippen molar-refractivity contribution in [2.75, 3.05) is 49.1 Å². The molecule has 3 aliphatic heterocycles. The molecule has 1 atom stereocenters. The summed E-state index contributed by atoms with van der Waals surface area (Å²) in [7, 11) is 0. The lowest BCUT2D eigenvalue weighted by molar-refractivity contribution is 0.230. The lowest BCUT2D eigenvalue weighted by Gasteiger charge is -2.39. The summed E-state index contributed by atoms with van der Waals surface area (Å²) in [5, 5.41) is 0. The number of hydrogen-bond acceptors (Lipinski definition) is 7. The fourth-order valence-corrected chi connectivity index (χ4v) is 4.65. The summed E-state index contributed by atoms with van der Waals surface area (Å²) in [6.07, 6.45) is 11.7. The zero-order chi connectivity index (χ0) is 17.3. The van der Waals surface area contributed by atoms with Crippen LogP contribution in [0, 0.1) is 0 Å². The molecule has 2 fully saturated rings. The van der Waals surface area contributed by atoms with Crippen LogP contribution in [-0.4, -0.2) is 70.1 Å². The maximum absolute atomic E-state index is 4.72. The van der Waals surface area contributed by atoms with Crippen LogP contribution in [0.15, 0.2) is 24.9 Å². The van der Waals surface area contributed by atoms with Gasteiger partial charge in [-0.25, -0.2) is 15.0 Å². The van der Waals surface area contributed by atoms with Gasteiger partial charge in [-0.15, -0.1) is 0 Å². The summed E-state index contributed by atoms with van der Waals surface area (Å²) < 4.78 is 0. The molecule has 0 amide bonds. The first-order chi connectivity index (χ1) is 12.9. The Labute approximate surface area is 154 Å². The summed E-state index contributed by atoms with van der Waals surface area (Å²) in [6, 6.07) is 0.705. The Kier molecular flexibility index (Phi) is 4.16. The minimum Gasteiger partial charge on any atom is -0.355 e. The van der Waals surface area contributed by atoms with Crippen LogP contribution >= 0.6 is 0 Å². The van der Waals surface area contributed by atoms with E-state index < -0.39 is 0 Å². The maximum Gasteiger partial charge on any atom is 0.147 e. The smallest absolute Gasteiger partial charge is 0.147 e. The minimum atomic E-state index is 0.705. The third kappa shape index (κ3) is 2.90. The highest BCUT2D eigenvalue weighted by Gasteiger charge is 2.32. The van der Waals surface area contributed by atoms with Crippen LogP contribution in [0.1, 0.15) is 24.1 Å². The van der Waals surface area contributed by atoms with Crippen molar-refractivity contribution in [3.05, 3.63) is 36.2 Å². The predicted molar refractivity (Wildman–Crippen MR) is 100 cm³/mol. The molecule has 5 heterocycles. The molecule has 1 unspecified atom stereocenters. The molecule has 0 aliphatic carbocycles. The van der Waals surface area contributed by atoms with Gasteiger partial charge in [0, 0.05) is 63.1 Å². The maximum atomic E-state index is 4.72. The van der Waals surface area contributed by atoms with Gasteiger partial charge in [-0.05, 0) is 25.8 Å². The number of anilines is 2. The topological polar surface area (TPSA) is 61.3 Å². The average Bonchev–Trinajstić information content (AvgIpc) is 3.06. The Morgan fingerprint density at radius 3 is 2.77 bits per heavy atom. The predicted octanol–water partition coefficient (Wildman–Crippen LogP) is 1.16. The molecule has 5 rings (SSSR count). The van der Waals surface area contributed by atoms with Crippen LogP contribution in [0.25, 0.3) is 0 Å². The van der Waals surface area contributed by atoms with Gasteiger partial charge in [-0.3, -0.25) is 9.88 Å². The molecule has 2 saturated heterocycles. The van der Waals surface area contributed by atoms with Crippen molar-refractivity contribution >= 4 is 11.6 Å². The highest BCUT2D eigenvalue weighted by Crippen LogP contribution is 2.29. The van der Waals surface area contributed by atoms with E-state index in [1.807, 2.05) is 6.20 Å². The molecular formula is C19H25N7. The van der Waals surface area contributed by atoms with Gasteiger partial charge < -0.3 is 9.80 Å². The molecule has 0 saturated carbocycles. The van der Waals surface area contributed by atoms with Gasteiger partial charge in [-0.1, -0.05) is 0 Å². The quantitative estimate of drug-likeness (QED) is 0.804. The molecule has 136 valence electrons. The van der Waals surface area contributed by atoms with E-state index in [9.17, 15) is 0 Å². The molecule has 0 radical (unpaired) electrons. The van der Waals surface area contributed by atoms with E-state index >= 15 is 0 Å². The lowest BCUT2D eigenvalue weighted by atomic mass is 10.1. The first kappa shape index (κ1) is 15.9. The molecular weight excluding hydrogens is 326 g/mol. The normalized spacial score (nSPS) is 23.5. The van der Waals surface area contributed by atoms with Gasteiger partial charge in [0.1, 0.15) is 18.0 Å². The molecule has 7 heteroatoms. The molecule has 0 spiro atoms. The Morgan fingerprint density at radius 1 is 0.885 bits per heavy atom. The van der Waals surface area contributed by atoms with Gasteiger partial charge in [0.15, 0.2) is 0 Å². The summed E-state index contributed by atoms with van der Waals surface area (Å²) >= 11 is 0. The molecule has 2 aromatic heterocycles. The third-order valence-corrected chi connectivity index (χ3v) is 6.02. The van der Waals surface area contributed by atoms with E-state index in [-0.39, 0.29) is 0 Å². The second-order valence-corrected chi connectivity index (χ2v) is 7.45. The molecule has 0 bridgehead atoms. The van der Waals surface area contributed by atoms with Crippen molar-refractivity contribution in [1.29, 1.82) is 0 Å². The van der Waals surface area contributed by atoms with Crippen LogP contribution in [0.4, 0.5) is 11.6 Å². The average molecular weight is 351 g/mol. The Hall–Kier alpha value is -2.28. The van der Waals surface area contributed by atoms with Crippen LogP contribution < -0.4 is 9.80 Å². The number of rotatable bonds is 2. The SMILES string of the molecule is c1cnc(N2CCc3ncnc(N4CCN5CCCC5C4)c3CC2)cn1. The zero-order valence-electron chi connectivity index (χ0n) is 15.1. The second-order valence-electron chi connectivity index (χ2n) is 7.45. The van der Waals surface area contributed by atoms with Crippen LogP contribution in [-0.2, 0) is 12.8 Å². The van der Waals surface area contributed by atoms with Crippen molar-refractivity contribution in [3.63, 3.8) is 0 Å². The number of hydrogen-bond donors (Lipinski definition) is 0. The molecule has 0 N–H and O–H groups in total. The van der Waals surface area contributed by atoms with Crippen molar-refractivity contribution < 1.29 is 0 Å². The van der Waals surface area contributed by atoms with Gasteiger partial charge >= 0.3 is 0 Å². The van der Waals surface area contributed by atoms with Crippen molar-refractivity contribution in [1.82, 2.24) is 24.8 Å². The van der Waals surface area contributed by atoms with E-state index in [2.05, 4.69) is 29.7 Å². The van der Waals surface area contributed by atoms with Crippen LogP contribution in [0.2, 0.25) is 0 Å². The third-order valence-electron chi connectivity index (χ3n) is 6.02. The number of aromatic nitrogens is 4. The van der Waals surface area contributed by atoms with Crippen molar-refractivity contribution in [2.45, 2.75) is 31.7 Å². The van der Waals surface area contributed by atoms with Crippen LogP contribution in [0.5, 0.6) is 0 Å². The Bertz CT molecular complexity index is 766. The van der Waals surface area contributed by atoms with E-state index in [0.29, 0.717) is 6.04 Å². The molecule has 3 aliphatic rings. The van der Waals surface area contributed by atoms with Gasteiger partial charge in [0.05, 0.1) is 11.9 Å². The molecule has 7 nitrogen and oxygen atoms in total. The Morgan fingerprint density at radius 2 is 1.85 bits per heavy atom. The lowest BCUT2D eigenvalue weighted by Crippen LogP contribution is -2.50. The standard InChI is InChI=1S/C19H25N7/c1-2-15-13-26(11-10-24(15)7-1)19-16-3-8-25(18-12-20-5-6-21-18)9-4-17(16)22-14-23-19/h5-6,12,14-15H,1-4,7-11,13H2. The summed E-state index contributed by atoms with van der Waals surface area (Å²) in [5.74, 6) is 2.12. The zero-order valence-corrected chi connectivity index (χ0v) is 15.1. The van der Waals surface area contributed by atoms with Crippen molar-refractivity contribution in [2.24, 2.45) is 0 Å². The molecule has 26 heavy (non-hydrogen) atoms. The fraction of sp³-hybridized carbons (Fsp3) is 0.579. The summed E-state index contributed by atoms with van der Waals surface area (Å²) in [5.41, 5.74) is 2.54. The van der Waals surface area contributed by atoms with Crippen molar-refractivity contribution in [3.8, 4) is 0 Å². The minimum absolute atomic E-state index is 0.705. The highest BCUT2D eigenvalue weighted by molar-refractivity contribution is 5.51. The highest BCUT2D eigenvalue weighted by atomic mass is 15.3. The first-order valence-electron chi connectivity index (χ1n) is 9.71. The van der Waals surface area contributed by atoms with E-state index in [4.69, 9.17) is 4.98 Å². The second kappa shape index (κ2) is 6.79. The largest absolute Gasteiger partial charge is 0.355 e. The van der Waals surface area contributed by atoms with Gasteiger partial charge in [-0.2, -0.15) is 0 Å². The van der Waals surface area contributed by atoms with Gasteiger partial charge in [0.2, 0.25) is 0 Å². The fourth-order valence-electron chi connectivity index (χ4n) is 4.65. The summed E-state index contributed by atoms with van der Waals surface area (Å²) in [6.45, 7) is 6.49. The number of nitrogens with zero attached hydrogens (tertiary/aromatic N) is 7. The van der Waals surface area contributed by atoms with E-state index in [1.54, 1.807) is 18.7 Å². The van der Waals surface area contributed by atoms with Crippen LogP contribution in [0.3, 0.4) is 0 Å².